The number of alkyl halides is 3. The summed E-state index contributed by atoms with van der Waals surface area (Å²) in [4.78, 5) is 17.2. The van der Waals surface area contributed by atoms with E-state index >= 15 is 0 Å². The molecule has 1 N–H and O–H groups in total. The Kier molecular flexibility index (Phi) is 7.46. The van der Waals surface area contributed by atoms with E-state index in [1.807, 2.05) is 6.92 Å². The van der Waals surface area contributed by atoms with Gasteiger partial charge in [0.25, 0.3) is 5.91 Å². The maximum absolute atomic E-state index is 13.0. The number of nitrogens with one attached hydrogen (secondary N) is 1. The molecule has 0 bridgehead atoms. The summed E-state index contributed by atoms with van der Waals surface area (Å²) in [6, 6.07) is 9.78. The molecule has 1 amide bonds. The Bertz CT molecular complexity index is 869. The van der Waals surface area contributed by atoms with Crippen LogP contribution in [0.5, 0.6) is 11.5 Å². The van der Waals surface area contributed by atoms with Crippen LogP contribution in [0.2, 0.25) is 0 Å². The van der Waals surface area contributed by atoms with Gasteiger partial charge in [-0.25, -0.2) is 0 Å². The van der Waals surface area contributed by atoms with E-state index in [2.05, 4.69) is 10.5 Å². The number of amides is 1. The van der Waals surface area contributed by atoms with Crippen molar-refractivity contribution >= 4 is 17.8 Å². The molecule has 0 aliphatic carbocycles. The number of nitrogens with zero attached hydrogens (tertiary/aromatic N) is 1. The van der Waals surface area contributed by atoms with Gasteiger partial charge in [0.05, 0.1) is 31.2 Å². The second-order valence-corrected chi connectivity index (χ2v) is 5.86. The molecule has 0 aromatic heterocycles. The SMILES string of the molecule is CCOc1ccc(/C=N/OC(C)C(=O)Nc2ccccc2C(F)(F)F)cc1OC. The number of para-hydroxylation sites is 1. The van der Waals surface area contributed by atoms with Crippen molar-refractivity contribution < 1.29 is 32.3 Å². The molecule has 2 aromatic rings. The molecule has 1 unspecified atom stereocenters. The van der Waals surface area contributed by atoms with Crippen molar-refractivity contribution in [1.82, 2.24) is 0 Å². The number of ether oxygens (including phenoxy) is 2. The Morgan fingerprint density at radius 3 is 2.59 bits per heavy atom. The summed E-state index contributed by atoms with van der Waals surface area (Å²) < 4.78 is 49.7. The van der Waals surface area contributed by atoms with Gasteiger partial charge in [0.2, 0.25) is 6.10 Å². The van der Waals surface area contributed by atoms with E-state index in [4.69, 9.17) is 14.3 Å². The van der Waals surface area contributed by atoms with E-state index in [1.54, 1.807) is 18.2 Å². The highest BCUT2D eigenvalue weighted by Gasteiger charge is 2.34. The highest BCUT2D eigenvalue weighted by molar-refractivity contribution is 5.94. The molecule has 0 aliphatic rings. The summed E-state index contributed by atoms with van der Waals surface area (Å²) in [5.41, 5.74) is -0.661. The van der Waals surface area contributed by atoms with Crippen molar-refractivity contribution in [2.45, 2.75) is 26.1 Å². The number of halogens is 3. The van der Waals surface area contributed by atoms with Crippen LogP contribution in [-0.4, -0.2) is 31.9 Å². The summed E-state index contributed by atoms with van der Waals surface area (Å²) in [7, 11) is 1.50. The number of carbonyl (C=O) groups excluding carboxylic acids is 1. The van der Waals surface area contributed by atoms with Gasteiger partial charge in [-0.1, -0.05) is 17.3 Å². The van der Waals surface area contributed by atoms with E-state index in [0.717, 1.165) is 6.07 Å². The quantitative estimate of drug-likeness (QED) is 0.514. The largest absolute Gasteiger partial charge is 0.493 e. The molecular weight excluding hydrogens is 389 g/mol. The fourth-order valence-electron chi connectivity index (χ4n) is 2.34. The minimum Gasteiger partial charge on any atom is -0.493 e. The molecule has 1 atom stereocenters. The van der Waals surface area contributed by atoms with Crippen LogP contribution >= 0.6 is 0 Å². The number of hydrogen-bond donors (Lipinski definition) is 1. The predicted molar refractivity (Wildman–Crippen MR) is 102 cm³/mol. The third-order valence-corrected chi connectivity index (χ3v) is 3.77. The molecule has 0 aliphatic heterocycles. The highest BCUT2D eigenvalue weighted by atomic mass is 19.4. The Labute approximate surface area is 166 Å². The topological polar surface area (TPSA) is 69.2 Å². The number of carbonyl (C=O) groups is 1. The Morgan fingerprint density at radius 2 is 1.93 bits per heavy atom. The van der Waals surface area contributed by atoms with Gasteiger partial charge < -0.3 is 19.6 Å². The van der Waals surface area contributed by atoms with E-state index in [-0.39, 0.29) is 5.69 Å². The molecular formula is C20H21F3N2O4. The van der Waals surface area contributed by atoms with E-state index in [1.165, 1.54) is 38.4 Å². The van der Waals surface area contributed by atoms with Gasteiger partial charge >= 0.3 is 6.18 Å². The summed E-state index contributed by atoms with van der Waals surface area (Å²) in [5, 5.41) is 5.93. The first-order valence-corrected chi connectivity index (χ1v) is 8.73. The lowest BCUT2D eigenvalue weighted by Crippen LogP contribution is -2.27. The smallest absolute Gasteiger partial charge is 0.418 e. The lowest BCUT2D eigenvalue weighted by Gasteiger charge is -2.15. The Morgan fingerprint density at radius 1 is 1.21 bits per heavy atom. The Hall–Kier alpha value is -3.23. The maximum Gasteiger partial charge on any atom is 0.418 e. The average Bonchev–Trinajstić information content (AvgIpc) is 2.68. The molecule has 2 rings (SSSR count). The van der Waals surface area contributed by atoms with Crippen molar-refractivity contribution in [3.8, 4) is 11.5 Å². The molecule has 2 aromatic carbocycles. The third kappa shape index (κ3) is 6.13. The zero-order valence-electron chi connectivity index (χ0n) is 16.1. The molecule has 0 heterocycles. The first kappa shape index (κ1) is 22.1. The standard InChI is InChI=1S/C20H21F3N2O4/c1-4-28-17-10-9-14(11-18(17)27-3)12-24-29-13(2)19(26)25-16-8-6-5-7-15(16)20(21,22)23/h5-13H,4H2,1-3H3,(H,25,26)/b24-12+. The number of anilines is 1. The lowest BCUT2D eigenvalue weighted by molar-refractivity contribution is -0.137. The molecule has 6 nitrogen and oxygen atoms in total. The van der Waals surface area contributed by atoms with Crippen LogP contribution in [0.25, 0.3) is 0 Å². The van der Waals surface area contributed by atoms with E-state index in [0.29, 0.717) is 23.7 Å². The zero-order valence-corrected chi connectivity index (χ0v) is 16.1. The second-order valence-electron chi connectivity index (χ2n) is 5.86. The summed E-state index contributed by atoms with van der Waals surface area (Å²) >= 11 is 0. The van der Waals surface area contributed by atoms with Crippen LogP contribution in [0.15, 0.2) is 47.6 Å². The summed E-state index contributed by atoms with van der Waals surface area (Å²) in [5.74, 6) is 0.317. The first-order chi connectivity index (χ1) is 13.8. The number of benzene rings is 2. The average molecular weight is 410 g/mol. The minimum atomic E-state index is -4.58. The number of methoxy groups -OCH3 is 1. The number of rotatable bonds is 8. The van der Waals surface area contributed by atoms with Crippen molar-refractivity contribution in [3.63, 3.8) is 0 Å². The van der Waals surface area contributed by atoms with Gasteiger partial charge in [0.1, 0.15) is 0 Å². The fourth-order valence-corrected chi connectivity index (χ4v) is 2.34. The molecule has 0 spiro atoms. The van der Waals surface area contributed by atoms with Crippen LogP contribution < -0.4 is 14.8 Å². The van der Waals surface area contributed by atoms with E-state index < -0.39 is 23.8 Å². The van der Waals surface area contributed by atoms with Crippen molar-refractivity contribution in [3.05, 3.63) is 53.6 Å². The number of hydrogen-bond acceptors (Lipinski definition) is 5. The van der Waals surface area contributed by atoms with Crippen molar-refractivity contribution in [1.29, 1.82) is 0 Å². The van der Waals surface area contributed by atoms with Crippen LogP contribution in [-0.2, 0) is 15.8 Å². The monoisotopic (exact) mass is 410 g/mol. The Balaban J connectivity index is 2.01. The van der Waals surface area contributed by atoms with E-state index in [9.17, 15) is 18.0 Å². The molecule has 0 saturated heterocycles. The zero-order chi connectivity index (χ0) is 21.4. The highest BCUT2D eigenvalue weighted by Crippen LogP contribution is 2.34. The van der Waals surface area contributed by atoms with Gasteiger partial charge in [0.15, 0.2) is 11.5 Å². The third-order valence-electron chi connectivity index (χ3n) is 3.77. The first-order valence-electron chi connectivity index (χ1n) is 8.73. The summed E-state index contributed by atoms with van der Waals surface area (Å²) in [6.07, 6.45) is -4.35. The van der Waals surface area contributed by atoms with Gasteiger partial charge in [-0.15, -0.1) is 0 Å². The van der Waals surface area contributed by atoms with Crippen LogP contribution in [0, 0.1) is 0 Å². The van der Waals surface area contributed by atoms with Gasteiger partial charge in [-0.2, -0.15) is 13.2 Å². The maximum atomic E-state index is 13.0. The van der Waals surface area contributed by atoms with Gasteiger partial charge in [-0.05, 0) is 44.2 Å². The fraction of sp³-hybridized carbons (Fsp3) is 0.300. The second kappa shape index (κ2) is 9.81. The van der Waals surface area contributed by atoms with Crippen LogP contribution in [0.1, 0.15) is 25.0 Å². The van der Waals surface area contributed by atoms with Crippen LogP contribution in [0.4, 0.5) is 18.9 Å². The van der Waals surface area contributed by atoms with Gasteiger partial charge in [0, 0.05) is 5.56 Å². The normalized spacial score (nSPS) is 12.5. The molecule has 9 heteroatoms. The predicted octanol–water partition coefficient (Wildman–Crippen LogP) is 4.49. The summed E-state index contributed by atoms with van der Waals surface area (Å²) in [6.45, 7) is 3.71. The van der Waals surface area contributed by atoms with Crippen molar-refractivity contribution in [2.24, 2.45) is 5.16 Å². The molecule has 0 fully saturated rings. The molecule has 29 heavy (non-hydrogen) atoms. The minimum absolute atomic E-state index is 0.347. The molecule has 0 radical (unpaired) electrons. The van der Waals surface area contributed by atoms with Crippen LogP contribution in [0.3, 0.4) is 0 Å². The lowest BCUT2D eigenvalue weighted by atomic mass is 10.1. The van der Waals surface area contributed by atoms with Crippen molar-refractivity contribution in [2.75, 3.05) is 19.0 Å². The number of oxime groups is 1. The molecule has 0 saturated carbocycles. The molecule has 156 valence electrons. The van der Waals surface area contributed by atoms with Gasteiger partial charge in [-0.3, -0.25) is 4.79 Å².